The number of nitrogens with zero attached hydrogens (tertiary/aromatic N) is 4. The van der Waals surface area contributed by atoms with Crippen LogP contribution in [-0.4, -0.2) is 15.0 Å². The molecule has 1 aromatic heterocycles. The molecule has 10 rings (SSSR count). The van der Waals surface area contributed by atoms with Crippen LogP contribution in [0.25, 0.3) is 56.4 Å². The van der Waals surface area contributed by atoms with Gasteiger partial charge in [-0.1, -0.05) is 194 Å². The van der Waals surface area contributed by atoms with E-state index >= 15 is 0 Å². The number of ether oxygens (including phenoxy) is 1. The van der Waals surface area contributed by atoms with E-state index in [1.807, 2.05) is 84.9 Å². The first-order chi connectivity index (χ1) is 28.7. The third-order valence-corrected chi connectivity index (χ3v) is 11.0. The smallest absolute Gasteiger partial charge is 0.164 e. The van der Waals surface area contributed by atoms with E-state index in [1.165, 1.54) is 11.1 Å². The average Bonchev–Trinajstić information content (AvgIpc) is 3.31. The van der Waals surface area contributed by atoms with Crippen molar-refractivity contribution in [1.29, 1.82) is 5.26 Å². The summed E-state index contributed by atoms with van der Waals surface area (Å²) in [5.74, 6) is 3.39. The minimum Gasteiger partial charge on any atom is -0.456 e. The maximum atomic E-state index is 9.68. The molecule has 1 aliphatic rings. The molecule has 1 aliphatic heterocycles. The van der Waals surface area contributed by atoms with Crippen molar-refractivity contribution in [3.8, 4) is 74.0 Å². The van der Waals surface area contributed by atoms with Crippen molar-refractivity contribution >= 4 is 0 Å². The zero-order chi connectivity index (χ0) is 38.9. The predicted octanol–water partition coefficient (Wildman–Crippen LogP) is 12.6. The first-order valence-electron chi connectivity index (χ1n) is 19.2. The van der Waals surface area contributed by atoms with Gasteiger partial charge < -0.3 is 4.74 Å². The van der Waals surface area contributed by atoms with Crippen molar-refractivity contribution in [3.05, 3.63) is 234 Å². The fourth-order valence-corrected chi connectivity index (χ4v) is 8.24. The number of rotatable bonds is 7. The van der Waals surface area contributed by atoms with Crippen molar-refractivity contribution in [2.75, 3.05) is 0 Å². The largest absolute Gasteiger partial charge is 0.456 e. The number of benzene rings is 8. The van der Waals surface area contributed by atoms with Crippen LogP contribution in [0.4, 0.5) is 0 Å². The molecule has 58 heavy (non-hydrogen) atoms. The number of fused-ring (bicyclic) bond motifs is 2. The molecule has 5 nitrogen and oxygen atoms in total. The maximum absolute atomic E-state index is 9.68. The summed E-state index contributed by atoms with van der Waals surface area (Å²) in [5.41, 5.74) is 11.0. The van der Waals surface area contributed by atoms with Gasteiger partial charge in [-0.15, -0.1) is 0 Å². The summed E-state index contributed by atoms with van der Waals surface area (Å²) >= 11 is 0. The summed E-state index contributed by atoms with van der Waals surface area (Å²) in [6.45, 7) is 0. The second kappa shape index (κ2) is 14.6. The standard InChI is InChI=1S/C53H34N4O/c54-35-41-17-10-11-22-44(41)36-27-31-39(32-28-36)51-55-50(38-15-4-1-5-16-38)56-52(57-51)40-33-29-37(30-34-40)45-23-14-25-47-49(45)58-48-26-13-12-24-46(48)53(47,42-18-6-2-7-19-42)43-20-8-3-9-21-43/h1-34H. The topological polar surface area (TPSA) is 71.7 Å². The van der Waals surface area contributed by atoms with Crippen molar-refractivity contribution in [1.82, 2.24) is 15.0 Å². The van der Waals surface area contributed by atoms with Crippen LogP contribution in [0.1, 0.15) is 27.8 Å². The lowest BCUT2D eigenvalue weighted by Crippen LogP contribution is -2.34. The van der Waals surface area contributed by atoms with Crippen molar-refractivity contribution in [2.24, 2.45) is 0 Å². The zero-order valence-corrected chi connectivity index (χ0v) is 31.3. The van der Waals surface area contributed by atoms with Gasteiger partial charge in [0.15, 0.2) is 17.5 Å². The molecule has 0 aliphatic carbocycles. The molecule has 9 aromatic rings. The number of aromatic nitrogens is 3. The van der Waals surface area contributed by atoms with Gasteiger partial charge in [0.2, 0.25) is 0 Å². The average molecular weight is 743 g/mol. The third-order valence-electron chi connectivity index (χ3n) is 11.0. The highest BCUT2D eigenvalue weighted by atomic mass is 16.5. The highest BCUT2D eigenvalue weighted by Crippen LogP contribution is 2.57. The monoisotopic (exact) mass is 742 g/mol. The Balaban J connectivity index is 1.08. The number of nitriles is 1. The van der Waals surface area contributed by atoms with E-state index in [0.717, 1.165) is 61.6 Å². The van der Waals surface area contributed by atoms with Crippen LogP contribution >= 0.6 is 0 Å². The number of hydrogen-bond donors (Lipinski definition) is 0. The van der Waals surface area contributed by atoms with Crippen LogP contribution in [0.15, 0.2) is 206 Å². The van der Waals surface area contributed by atoms with Crippen LogP contribution in [-0.2, 0) is 5.41 Å². The molecule has 2 heterocycles. The predicted molar refractivity (Wildman–Crippen MR) is 230 cm³/mol. The zero-order valence-electron chi connectivity index (χ0n) is 31.3. The summed E-state index contributed by atoms with van der Waals surface area (Å²) < 4.78 is 6.91. The molecule has 5 heteroatoms. The first kappa shape index (κ1) is 34.5. The molecule has 0 unspecified atom stereocenters. The van der Waals surface area contributed by atoms with Crippen molar-refractivity contribution in [2.45, 2.75) is 5.41 Å². The minimum atomic E-state index is -0.602. The minimum absolute atomic E-state index is 0.565. The van der Waals surface area contributed by atoms with E-state index in [0.29, 0.717) is 23.0 Å². The Hall–Kier alpha value is -7.94. The van der Waals surface area contributed by atoms with Crippen LogP contribution in [0.3, 0.4) is 0 Å². The Kier molecular flexibility index (Phi) is 8.70. The molecule has 0 saturated heterocycles. The van der Waals surface area contributed by atoms with Crippen LogP contribution in [0.2, 0.25) is 0 Å². The quantitative estimate of drug-likeness (QED) is 0.163. The van der Waals surface area contributed by atoms with E-state index in [2.05, 4.69) is 127 Å². The summed E-state index contributed by atoms with van der Waals surface area (Å²) in [6, 6.07) is 72.6. The fourth-order valence-electron chi connectivity index (χ4n) is 8.24. The maximum Gasteiger partial charge on any atom is 0.164 e. The molecule has 0 radical (unpaired) electrons. The summed E-state index contributed by atoms with van der Waals surface area (Å²) in [6.07, 6.45) is 0. The summed E-state index contributed by atoms with van der Waals surface area (Å²) in [4.78, 5) is 14.9. The van der Waals surface area contributed by atoms with Gasteiger partial charge in [-0.25, -0.2) is 15.0 Å². The van der Waals surface area contributed by atoms with Gasteiger partial charge in [-0.3, -0.25) is 0 Å². The van der Waals surface area contributed by atoms with Gasteiger partial charge in [0.05, 0.1) is 17.0 Å². The number of hydrogen-bond acceptors (Lipinski definition) is 5. The lowest BCUT2D eigenvalue weighted by atomic mass is 9.63. The van der Waals surface area contributed by atoms with Crippen molar-refractivity contribution < 1.29 is 4.74 Å². The highest BCUT2D eigenvalue weighted by molar-refractivity contribution is 5.81. The van der Waals surface area contributed by atoms with E-state index in [9.17, 15) is 5.26 Å². The molecule has 0 fully saturated rings. The van der Waals surface area contributed by atoms with Gasteiger partial charge in [0.1, 0.15) is 11.5 Å². The van der Waals surface area contributed by atoms with Gasteiger partial charge in [0, 0.05) is 33.4 Å². The molecule has 272 valence electrons. The Morgan fingerprint density at radius 3 is 1.40 bits per heavy atom. The Morgan fingerprint density at radius 1 is 0.379 bits per heavy atom. The number of para-hydroxylation sites is 2. The second-order valence-corrected chi connectivity index (χ2v) is 14.2. The fraction of sp³-hybridized carbons (Fsp3) is 0.0189. The van der Waals surface area contributed by atoms with E-state index in [4.69, 9.17) is 19.7 Å². The highest BCUT2D eigenvalue weighted by Gasteiger charge is 2.45. The van der Waals surface area contributed by atoms with E-state index in [-0.39, 0.29) is 0 Å². The Morgan fingerprint density at radius 2 is 0.810 bits per heavy atom. The molecule has 0 saturated carbocycles. The van der Waals surface area contributed by atoms with Crippen LogP contribution < -0.4 is 4.74 Å². The van der Waals surface area contributed by atoms with E-state index < -0.39 is 5.41 Å². The summed E-state index contributed by atoms with van der Waals surface area (Å²) in [5, 5.41) is 9.68. The van der Waals surface area contributed by atoms with Crippen LogP contribution in [0.5, 0.6) is 11.5 Å². The molecular weight excluding hydrogens is 709 g/mol. The second-order valence-electron chi connectivity index (χ2n) is 14.2. The molecular formula is C53H34N4O. The van der Waals surface area contributed by atoms with Gasteiger partial charge in [-0.2, -0.15) is 5.26 Å². The van der Waals surface area contributed by atoms with Crippen molar-refractivity contribution in [3.63, 3.8) is 0 Å². The van der Waals surface area contributed by atoms with Gasteiger partial charge in [-0.05, 0) is 39.9 Å². The Labute approximate surface area is 337 Å². The molecule has 0 N–H and O–H groups in total. The molecule has 0 atom stereocenters. The lowest BCUT2D eigenvalue weighted by molar-refractivity contribution is 0.436. The molecule has 8 aromatic carbocycles. The Bertz CT molecular complexity index is 2920. The lowest BCUT2D eigenvalue weighted by Gasteiger charge is -2.42. The first-order valence-corrected chi connectivity index (χ1v) is 19.2. The molecule has 0 bridgehead atoms. The molecule has 0 amide bonds. The van der Waals surface area contributed by atoms with E-state index in [1.54, 1.807) is 0 Å². The third kappa shape index (κ3) is 5.92. The summed E-state index contributed by atoms with van der Waals surface area (Å²) in [7, 11) is 0. The van der Waals surface area contributed by atoms with Crippen LogP contribution in [0, 0.1) is 11.3 Å². The van der Waals surface area contributed by atoms with Gasteiger partial charge in [0.25, 0.3) is 0 Å². The SMILES string of the molecule is N#Cc1ccccc1-c1ccc(-c2nc(-c3ccccc3)nc(-c3ccc(-c4cccc5c4Oc4ccccc4C5(c4ccccc4)c4ccccc4)cc3)n2)cc1. The van der Waals surface area contributed by atoms with Gasteiger partial charge >= 0.3 is 0 Å². The molecule has 0 spiro atoms. The normalized spacial score (nSPS) is 12.4.